The van der Waals surface area contributed by atoms with Crippen LogP contribution in [0.4, 0.5) is 5.69 Å². The molecule has 0 atom stereocenters. The lowest BCUT2D eigenvalue weighted by Crippen LogP contribution is -2.33. The molecule has 0 aromatic heterocycles. The number of hydrogen-bond donors (Lipinski definition) is 0. The highest BCUT2D eigenvalue weighted by molar-refractivity contribution is 7.93. The van der Waals surface area contributed by atoms with Crippen molar-refractivity contribution in [3.05, 3.63) is 84.4 Å². The first kappa shape index (κ1) is 17.7. The molecule has 1 heterocycles. The largest absolute Gasteiger partial charge is 0.459 e. The van der Waals surface area contributed by atoms with Gasteiger partial charge >= 0.3 is 5.97 Å². The molecule has 0 aliphatic carbocycles. The minimum absolute atomic E-state index is 0.0885. The topological polar surface area (TPSA) is 63.7 Å². The highest BCUT2D eigenvalue weighted by atomic mass is 32.2. The summed E-state index contributed by atoms with van der Waals surface area (Å²) in [6.07, 6.45) is 0. The summed E-state index contributed by atoms with van der Waals surface area (Å²) in [5.41, 5.74) is 1.39. The van der Waals surface area contributed by atoms with E-state index >= 15 is 0 Å². The van der Waals surface area contributed by atoms with Crippen molar-refractivity contribution in [1.29, 1.82) is 0 Å². The fourth-order valence-electron chi connectivity index (χ4n) is 3.87. The molecule has 1 aliphatic rings. The minimum atomic E-state index is -3.78. The van der Waals surface area contributed by atoms with Crippen molar-refractivity contribution in [2.75, 3.05) is 10.8 Å². The third-order valence-corrected chi connectivity index (χ3v) is 7.02. The molecule has 5 nitrogen and oxygen atoms in total. The Bertz CT molecular complexity index is 1370. The number of rotatable bonds is 4. The Labute approximate surface area is 168 Å². The van der Waals surface area contributed by atoms with E-state index in [1.807, 2.05) is 54.6 Å². The van der Waals surface area contributed by atoms with E-state index in [-0.39, 0.29) is 18.0 Å². The fourth-order valence-corrected chi connectivity index (χ4v) is 5.52. The second kappa shape index (κ2) is 6.60. The van der Waals surface area contributed by atoms with Crippen molar-refractivity contribution in [1.82, 2.24) is 0 Å². The molecule has 0 amide bonds. The van der Waals surface area contributed by atoms with Crippen molar-refractivity contribution in [2.45, 2.75) is 11.5 Å². The summed E-state index contributed by atoms with van der Waals surface area (Å²) in [5.74, 6) is -0.591. The molecule has 0 radical (unpaired) electrons. The molecule has 144 valence electrons. The van der Waals surface area contributed by atoms with Gasteiger partial charge < -0.3 is 4.74 Å². The summed E-state index contributed by atoms with van der Waals surface area (Å²) in [7, 11) is -3.78. The summed E-state index contributed by atoms with van der Waals surface area (Å²) in [5, 5.41) is 3.55. The number of hydrogen-bond acceptors (Lipinski definition) is 4. The standard InChI is InChI=1S/C23H17NO4S/c25-22(28-15-18-10-3-7-16-6-1-2-11-19(16)18)14-24-20-12-4-8-17-9-5-13-21(23(17)20)29(24,26)27/h1-13H,14-15H2. The maximum Gasteiger partial charge on any atom is 0.327 e. The maximum atomic E-state index is 13.0. The van der Waals surface area contributed by atoms with Gasteiger partial charge in [-0.05, 0) is 33.9 Å². The normalized spacial score (nSPS) is 14.4. The van der Waals surface area contributed by atoms with Gasteiger partial charge in [-0.15, -0.1) is 0 Å². The van der Waals surface area contributed by atoms with Crippen LogP contribution in [-0.4, -0.2) is 20.9 Å². The molecule has 0 bridgehead atoms. The molecule has 0 saturated carbocycles. The van der Waals surface area contributed by atoms with Gasteiger partial charge in [0.05, 0.1) is 10.6 Å². The van der Waals surface area contributed by atoms with Crippen molar-refractivity contribution in [3.8, 4) is 0 Å². The second-order valence-electron chi connectivity index (χ2n) is 6.94. The number of sulfonamides is 1. The predicted octanol–water partition coefficient (Wildman–Crippen LogP) is 4.25. The van der Waals surface area contributed by atoms with Gasteiger partial charge in [0.25, 0.3) is 10.0 Å². The smallest absolute Gasteiger partial charge is 0.327 e. The van der Waals surface area contributed by atoms with E-state index in [2.05, 4.69) is 0 Å². The van der Waals surface area contributed by atoms with Crippen LogP contribution >= 0.6 is 0 Å². The first-order chi connectivity index (χ1) is 14.1. The lowest BCUT2D eigenvalue weighted by atomic mass is 10.1. The summed E-state index contributed by atoms with van der Waals surface area (Å²) in [6.45, 7) is -0.272. The highest BCUT2D eigenvalue weighted by Gasteiger charge is 2.36. The predicted molar refractivity (Wildman–Crippen MR) is 112 cm³/mol. The zero-order valence-corrected chi connectivity index (χ0v) is 16.2. The van der Waals surface area contributed by atoms with Crippen LogP contribution in [0.15, 0.2) is 83.8 Å². The van der Waals surface area contributed by atoms with Gasteiger partial charge in [0, 0.05) is 5.39 Å². The average Bonchev–Trinajstić information content (AvgIpc) is 2.95. The quantitative estimate of drug-likeness (QED) is 0.478. The molecule has 4 aromatic rings. The molecule has 0 saturated heterocycles. The third kappa shape index (κ3) is 2.84. The summed E-state index contributed by atoms with van der Waals surface area (Å²) in [4.78, 5) is 12.8. The van der Waals surface area contributed by atoms with Crippen LogP contribution in [0.5, 0.6) is 0 Å². The maximum absolute atomic E-state index is 13.0. The average molecular weight is 403 g/mol. The Morgan fingerprint density at radius 1 is 0.828 bits per heavy atom. The molecule has 0 spiro atoms. The van der Waals surface area contributed by atoms with E-state index in [0.29, 0.717) is 11.1 Å². The molecule has 5 rings (SSSR count). The highest BCUT2D eigenvalue weighted by Crippen LogP contribution is 2.41. The van der Waals surface area contributed by atoms with Crippen LogP contribution in [0.3, 0.4) is 0 Å². The summed E-state index contributed by atoms with van der Waals surface area (Å²) >= 11 is 0. The van der Waals surface area contributed by atoms with Crippen molar-refractivity contribution >= 4 is 43.2 Å². The lowest BCUT2D eigenvalue weighted by Gasteiger charge is -2.18. The van der Waals surface area contributed by atoms with E-state index in [1.54, 1.807) is 24.3 Å². The monoisotopic (exact) mass is 403 g/mol. The van der Waals surface area contributed by atoms with Gasteiger partial charge in [-0.2, -0.15) is 0 Å². The van der Waals surface area contributed by atoms with Crippen LogP contribution in [0.25, 0.3) is 21.5 Å². The van der Waals surface area contributed by atoms with Crippen molar-refractivity contribution in [2.24, 2.45) is 0 Å². The van der Waals surface area contributed by atoms with Crippen molar-refractivity contribution in [3.63, 3.8) is 0 Å². The van der Waals surface area contributed by atoms with Gasteiger partial charge in [0.2, 0.25) is 0 Å². The Morgan fingerprint density at radius 2 is 1.52 bits per heavy atom. The number of benzene rings is 4. The zero-order chi connectivity index (χ0) is 20.0. The molecule has 0 unspecified atom stereocenters. The lowest BCUT2D eigenvalue weighted by molar-refractivity contribution is -0.143. The number of carbonyl (C=O) groups excluding carboxylic acids is 1. The van der Waals surface area contributed by atoms with Crippen LogP contribution in [0.1, 0.15) is 5.56 Å². The summed E-state index contributed by atoms with van der Waals surface area (Å²) in [6, 6.07) is 24.2. The molecular weight excluding hydrogens is 386 g/mol. The van der Waals surface area contributed by atoms with E-state index in [9.17, 15) is 13.2 Å². The van der Waals surface area contributed by atoms with E-state index < -0.39 is 16.0 Å². The molecular formula is C23H17NO4S. The van der Waals surface area contributed by atoms with E-state index in [0.717, 1.165) is 26.0 Å². The first-order valence-electron chi connectivity index (χ1n) is 9.22. The van der Waals surface area contributed by atoms with Gasteiger partial charge in [0.1, 0.15) is 13.2 Å². The third-order valence-electron chi connectivity index (χ3n) is 5.22. The van der Waals surface area contributed by atoms with Crippen LogP contribution in [0, 0.1) is 0 Å². The van der Waals surface area contributed by atoms with E-state index in [1.165, 1.54) is 0 Å². The van der Waals surface area contributed by atoms with E-state index in [4.69, 9.17) is 4.74 Å². The number of anilines is 1. The molecule has 29 heavy (non-hydrogen) atoms. The number of fused-ring (bicyclic) bond motifs is 1. The number of ether oxygens (including phenoxy) is 1. The summed E-state index contributed by atoms with van der Waals surface area (Å²) < 4.78 is 32.5. The Morgan fingerprint density at radius 3 is 2.38 bits per heavy atom. The number of esters is 1. The van der Waals surface area contributed by atoms with Crippen LogP contribution < -0.4 is 4.31 Å². The molecule has 0 N–H and O–H groups in total. The molecule has 0 fully saturated rings. The molecule has 1 aliphatic heterocycles. The Balaban J connectivity index is 1.40. The van der Waals surface area contributed by atoms with Gasteiger partial charge in [-0.3, -0.25) is 9.10 Å². The van der Waals surface area contributed by atoms with Gasteiger partial charge in [0.15, 0.2) is 0 Å². The van der Waals surface area contributed by atoms with Crippen LogP contribution in [0.2, 0.25) is 0 Å². The SMILES string of the molecule is O=C(CN1c2cccc3cccc(c23)S1(=O)=O)OCc1cccc2ccccc12. The number of carbonyl (C=O) groups is 1. The van der Waals surface area contributed by atoms with Gasteiger partial charge in [-0.25, -0.2) is 8.42 Å². The zero-order valence-electron chi connectivity index (χ0n) is 15.4. The first-order valence-corrected chi connectivity index (χ1v) is 10.7. The molecule has 4 aromatic carbocycles. The van der Waals surface area contributed by atoms with Crippen LogP contribution in [-0.2, 0) is 26.2 Å². The Kier molecular flexibility index (Phi) is 4.03. The fraction of sp³-hybridized carbons (Fsp3) is 0.0870. The molecule has 6 heteroatoms. The van der Waals surface area contributed by atoms with Gasteiger partial charge in [-0.1, -0.05) is 66.7 Å². The Hall–Kier alpha value is -3.38. The van der Waals surface area contributed by atoms with Crippen molar-refractivity contribution < 1.29 is 17.9 Å². The second-order valence-corrected chi connectivity index (χ2v) is 8.77. The number of nitrogens with zero attached hydrogens (tertiary/aromatic N) is 1. The minimum Gasteiger partial charge on any atom is -0.459 e.